The summed E-state index contributed by atoms with van der Waals surface area (Å²) in [5.41, 5.74) is 2.34. The van der Waals surface area contributed by atoms with Gasteiger partial charge in [0, 0.05) is 48.6 Å². The molecule has 4 amide bonds. The summed E-state index contributed by atoms with van der Waals surface area (Å²) < 4.78 is 38.0. The van der Waals surface area contributed by atoms with Crippen molar-refractivity contribution in [3.05, 3.63) is 89.5 Å². The Morgan fingerprint density at radius 3 is 2.13 bits per heavy atom. The van der Waals surface area contributed by atoms with Gasteiger partial charge >= 0.3 is 18.2 Å². The molecule has 0 spiro atoms. The Morgan fingerprint density at radius 2 is 1.53 bits per heavy atom. The van der Waals surface area contributed by atoms with Gasteiger partial charge in [0.15, 0.2) is 0 Å². The molecule has 0 aromatic heterocycles. The average Bonchev–Trinajstić information content (AvgIpc) is 3.50. The van der Waals surface area contributed by atoms with Crippen LogP contribution in [0, 0.1) is 6.92 Å². The van der Waals surface area contributed by atoms with Gasteiger partial charge in [0.25, 0.3) is 5.91 Å². The monoisotopic (exact) mass is 795 g/mol. The molecule has 0 saturated carbocycles. The summed E-state index contributed by atoms with van der Waals surface area (Å²) in [4.78, 5) is 66.8. The summed E-state index contributed by atoms with van der Waals surface area (Å²) in [5, 5.41) is 15.2. The lowest BCUT2D eigenvalue weighted by atomic mass is 10.0. The topological polar surface area (TPSA) is 192 Å². The fraction of sp³-hybridized carbons (Fsp3) is 0.395. The third-order valence-corrected chi connectivity index (χ3v) is 12.6. The molecule has 5 rings (SSSR count). The van der Waals surface area contributed by atoms with Gasteiger partial charge in [-0.2, -0.15) is 4.31 Å². The zero-order chi connectivity index (χ0) is 39.9. The molecule has 3 aromatic carbocycles. The molecule has 2 aliphatic rings. The van der Waals surface area contributed by atoms with E-state index in [4.69, 9.17) is 9.47 Å². The second kappa shape index (κ2) is 17.6. The van der Waals surface area contributed by atoms with E-state index in [0.717, 1.165) is 9.87 Å². The number of rotatable bonds is 12. The van der Waals surface area contributed by atoms with Crippen molar-refractivity contribution >= 4 is 57.4 Å². The smallest absolute Gasteiger partial charge is 0.415 e. The van der Waals surface area contributed by atoms with Crippen LogP contribution in [0.1, 0.15) is 48.7 Å². The van der Waals surface area contributed by atoms with E-state index in [-0.39, 0.29) is 55.0 Å². The maximum Gasteiger partial charge on any atom is 0.415 e. The molecule has 17 heteroatoms. The quantitative estimate of drug-likeness (QED) is 0.233. The van der Waals surface area contributed by atoms with Crippen LogP contribution in [0.15, 0.2) is 77.7 Å². The van der Waals surface area contributed by atoms with Crippen molar-refractivity contribution in [2.24, 2.45) is 0 Å². The standard InChI is InChI=1S/C38H45N5O10S2/c1-5-22-52-36(48)39-28-12-10-27(11-13-28)34(45)41-18-20-42(21-19-41)37(49)53-29-14-8-26(9-15-29)23-31(35(46)47)40-33(44)32-38(3,4)54-24-43(32)55(50,51)30-16-6-25(2)7-17-30/h6-17,31-32H,5,18-24H2,1-4H3,(H,39,48)(H,40,44)(H,46,47)/t31-,32+/m0/s1. The zero-order valence-electron chi connectivity index (χ0n) is 31.0. The van der Waals surface area contributed by atoms with E-state index in [9.17, 15) is 37.5 Å². The van der Waals surface area contributed by atoms with Crippen molar-refractivity contribution in [3.63, 3.8) is 0 Å². The number of anilines is 1. The number of thioether (sulfide) groups is 1. The van der Waals surface area contributed by atoms with Gasteiger partial charge in [-0.1, -0.05) is 36.8 Å². The highest BCUT2D eigenvalue weighted by molar-refractivity contribution is 8.02. The number of nitrogens with one attached hydrogen (secondary N) is 2. The highest BCUT2D eigenvalue weighted by atomic mass is 32.2. The van der Waals surface area contributed by atoms with Crippen LogP contribution in [0.4, 0.5) is 15.3 Å². The molecule has 2 atom stereocenters. The first kappa shape index (κ1) is 41.0. The first-order valence-corrected chi connectivity index (χ1v) is 20.2. The molecule has 0 aliphatic carbocycles. The van der Waals surface area contributed by atoms with Crippen molar-refractivity contribution in [1.82, 2.24) is 19.4 Å². The SMILES string of the molecule is CCCOC(=O)Nc1ccc(C(=O)N2CCN(C(=O)Oc3ccc(C[C@H](NC(=O)[C@H]4N(S(=O)(=O)c5ccc(C)cc5)CSC4(C)C)C(=O)O)cc3)CC2)cc1. The van der Waals surface area contributed by atoms with Crippen LogP contribution < -0.4 is 15.4 Å². The minimum Gasteiger partial charge on any atom is -0.480 e. The number of nitrogens with zero attached hydrogens (tertiary/aromatic N) is 3. The molecule has 3 aromatic rings. The van der Waals surface area contributed by atoms with E-state index < -0.39 is 50.9 Å². The maximum atomic E-state index is 13.6. The largest absolute Gasteiger partial charge is 0.480 e. The Kier molecular flexibility index (Phi) is 13.1. The van der Waals surface area contributed by atoms with Crippen LogP contribution in [0.5, 0.6) is 5.75 Å². The molecule has 0 radical (unpaired) electrons. The molecular formula is C38H45N5O10S2. The van der Waals surface area contributed by atoms with Gasteiger partial charge in [0.05, 0.1) is 17.4 Å². The number of piperazine rings is 1. The Balaban J connectivity index is 1.13. The number of ether oxygens (including phenoxy) is 2. The lowest BCUT2D eigenvalue weighted by Crippen LogP contribution is -2.56. The van der Waals surface area contributed by atoms with Crippen molar-refractivity contribution < 1.29 is 47.0 Å². The maximum absolute atomic E-state index is 13.6. The number of hydrogen-bond acceptors (Lipinski definition) is 10. The van der Waals surface area contributed by atoms with Crippen molar-refractivity contribution in [1.29, 1.82) is 0 Å². The Bertz CT molecular complexity index is 1980. The van der Waals surface area contributed by atoms with Crippen LogP contribution in [-0.4, -0.2) is 113 Å². The summed E-state index contributed by atoms with van der Waals surface area (Å²) in [6.45, 7) is 8.58. The van der Waals surface area contributed by atoms with Crippen LogP contribution >= 0.6 is 11.8 Å². The summed E-state index contributed by atoms with van der Waals surface area (Å²) in [5.74, 6) is -1.98. The van der Waals surface area contributed by atoms with Gasteiger partial charge in [-0.05, 0) is 81.3 Å². The first-order chi connectivity index (χ1) is 26.1. The van der Waals surface area contributed by atoms with Gasteiger partial charge in [-0.25, -0.2) is 22.8 Å². The lowest BCUT2D eigenvalue weighted by Gasteiger charge is -2.34. The third kappa shape index (κ3) is 10.1. The van der Waals surface area contributed by atoms with Crippen LogP contribution in [-0.2, 0) is 30.8 Å². The number of carbonyl (C=O) groups is 5. The molecule has 55 heavy (non-hydrogen) atoms. The summed E-state index contributed by atoms with van der Waals surface area (Å²) in [7, 11) is -4.06. The number of benzene rings is 3. The lowest BCUT2D eigenvalue weighted by molar-refractivity contribution is -0.142. The zero-order valence-corrected chi connectivity index (χ0v) is 32.7. The fourth-order valence-corrected chi connectivity index (χ4v) is 9.26. The summed E-state index contributed by atoms with van der Waals surface area (Å²) >= 11 is 1.29. The van der Waals surface area contributed by atoms with Crippen LogP contribution in [0.25, 0.3) is 0 Å². The summed E-state index contributed by atoms with van der Waals surface area (Å²) in [6, 6.07) is 16.4. The number of sulfonamides is 1. The Morgan fingerprint density at radius 1 is 0.909 bits per heavy atom. The highest BCUT2D eigenvalue weighted by Crippen LogP contribution is 2.42. The minimum absolute atomic E-state index is 0.0282. The normalized spacial score (nSPS) is 17.6. The van der Waals surface area contributed by atoms with E-state index in [1.54, 1.807) is 67.3 Å². The summed E-state index contributed by atoms with van der Waals surface area (Å²) in [6.07, 6.45) is -0.586. The molecule has 2 fully saturated rings. The first-order valence-electron chi connectivity index (χ1n) is 17.7. The van der Waals surface area contributed by atoms with Crippen LogP contribution in [0.2, 0.25) is 0 Å². The fourth-order valence-electron chi connectivity index (χ4n) is 6.10. The predicted octanol–water partition coefficient (Wildman–Crippen LogP) is 4.56. The van der Waals surface area contributed by atoms with Crippen molar-refractivity contribution in [2.75, 3.05) is 44.0 Å². The number of hydrogen-bond donors (Lipinski definition) is 3. The molecular weight excluding hydrogens is 751 g/mol. The number of aliphatic carboxylic acids is 1. The molecule has 2 heterocycles. The predicted molar refractivity (Wildman–Crippen MR) is 205 cm³/mol. The molecule has 0 unspecified atom stereocenters. The van der Waals surface area contributed by atoms with Gasteiger partial charge in [-0.3, -0.25) is 14.9 Å². The van der Waals surface area contributed by atoms with Gasteiger partial charge in [0.2, 0.25) is 15.9 Å². The highest BCUT2D eigenvalue weighted by Gasteiger charge is 2.51. The van der Waals surface area contributed by atoms with E-state index in [1.807, 2.05) is 13.8 Å². The van der Waals surface area contributed by atoms with Gasteiger partial charge < -0.3 is 29.7 Å². The molecule has 15 nitrogen and oxygen atoms in total. The Labute approximate surface area is 324 Å². The number of amides is 4. The average molecular weight is 796 g/mol. The third-order valence-electron chi connectivity index (χ3n) is 9.21. The van der Waals surface area contributed by atoms with Crippen LogP contribution in [0.3, 0.4) is 0 Å². The van der Waals surface area contributed by atoms with E-state index in [0.29, 0.717) is 29.8 Å². The van der Waals surface area contributed by atoms with Crippen molar-refractivity contribution in [2.45, 2.75) is 62.3 Å². The number of carboxylic acids is 1. The van der Waals surface area contributed by atoms with Gasteiger partial charge in [-0.15, -0.1) is 11.8 Å². The Hall–Kier alpha value is -5.13. The van der Waals surface area contributed by atoms with E-state index in [2.05, 4.69) is 10.6 Å². The number of carboxylic acid groups (broad SMARTS) is 1. The molecule has 2 saturated heterocycles. The number of carbonyl (C=O) groups excluding carboxylic acids is 4. The van der Waals surface area contributed by atoms with E-state index >= 15 is 0 Å². The molecule has 0 bridgehead atoms. The van der Waals surface area contributed by atoms with E-state index in [1.165, 1.54) is 40.9 Å². The minimum atomic E-state index is -4.06. The number of aryl methyl sites for hydroxylation is 1. The van der Waals surface area contributed by atoms with Gasteiger partial charge in [0.1, 0.15) is 17.8 Å². The second-order valence-electron chi connectivity index (χ2n) is 13.7. The van der Waals surface area contributed by atoms with Crippen molar-refractivity contribution in [3.8, 4) is 5.75 Å². The second-order valence-corrected chi connectivity index (χ2v) is 17.2. The molecule has 2 aliphatic heterocycles. The molecule has 3 N–H and O–H groups in total. The molecule has 294 valence electrons.